The minimum absolute atomic E-state index is 0.0754. The normalized spacial score (nSPS) is 12.9. The first kappa shape index (κ1) is 21.8. The molecule has 1 atom stereocenters. The lowest BCUT2D eigenvalue weighted by molar-refractivity contribution is -0.115. The summed E-state index contributed by atoms with van der Waals surface area (Å²) in [7, 11) is -3.86. The van der Waals surface area contributed by atoms with Crippen LogP contribution in [0.15, 0.2) is 109 Å². The van der Waals surface area contributed by atoms with Crippen LogP contribution in [-0.4, -0.2) is 20.4 Å². The standard InChI is InChI=1S/C27H22N3O3P/c31-26(19-21-9-6-8-20-7-4-5-12-25(20)21)29-22-13-15-23(16-14-22)30-18-17-28-27(30)34(32,33)24-10-2-1-3-11-24/h1-18H,19H2,(H,29,31)(H,32,33). The van der Waals surface area contributed by atoms with Crippen LogP contribution < -0.4 is 16.2 Å². The largest absolute Gasteiger partial charge is 0.336 e. The van der Waals surface area contributed by atoms with E-state index in [0.29, 0.717) is 16.7 Å². The van der Waals surface area contributed by atoms with Crippen LogP contribution in [0.25, 0.3) is 16.5 Å². The molecule has 0 aliphatic carbocycles. The van der Waals surface area contributed by atoms with Gasteiger partial charge in [-0.3, -0.25) is 13.9 Å². The van der Waals surface area contributed by atoms with Gasteiger partial charge in [-0.1, -0.05) is 60.7 Å². The first-order chi connectivity index (χ1) is 16.5. The van der Waals surface area contributed by atoms with Gasteiger partial charge in [-0.2, -0.15) is 0 Å². The number of anilines is 1. The minimum Gasteiger partial charge on any atom is -0.336 e. The third-order valence-electron chi connectivity index (χ3n) is 5.66. The van der Waals surface area contributed by atoms with Gasteiger partial charge in [0.05, 0.1) is 6.42 Å². The SMILES string of the molecule is O=C(Cc1cccc2ccccc12)Nc1ccc(-n2ccnc2P(=O)(O)c2ccccc2)cc1. The molecule has 0 radical (unpaired) electrons. The van der Waals surface area contributed by atoms with E-state index in [9.17, 15) is 14.3 Å². The number of imidazole rings is 1. The van der Waals surface area contributed by atoms with Gasteiger partial charge in [0.15, 0.2) is 0 Å². The van der Waals surface area contributed by atoms with Gasteiger partial charge >= 0.3 is 0 Å². The third kappa shape index (κ3) is 4.29. The summed E-state index contributed by atoms with van der Waals surface area (Å²) < 4.78 is 14.8. The van der Waals surface area contributed by atoms with Crippen molar-refractivity contribution in [3.05, 3.63) is 115 Å². The van der Waals surface area contributed by atoms with E-state index in [1.165, 1.54) is 6.20 Å². The van der Waals surface area contributed by atoms with E-state index < -0.39 is 7.37 Å². The molecule has 5 rings (SSSR count). The predicted octanol–water partition coefficient (Wildman–Crippen LogP) is 4.43. The maximum atomic E-state index is 13.2. The second-order valence-corrected chi connectivity index (χ2v) is 9.99. The second kappa shape index (κ2) is 9.10. The number of fused-ring (bicyclic) bond motifs is 1. The fourth-order valence-electron chi connectivity index (χ4n) is 4.00. The highest BCUT2D eigenvalue weighted by atomic mass is 31.2. The fraction of sp³-hybridized carbons (Fsp3) is 0.0370. The first-order valence-electron chi connectivity index (χ1n) is 10.8. The number of rotatable bonds is 6. The Morgan fingerprint density at radius 2 is 1.59 bits per heavy atom. The van der Waals surface area contributed by atoms with Crippen molar-refractivity contribution in [3.63, 3.8) is 0 Å². The summed E-state index contributed by atoms with van der Waals surface area (Å²) in [6.45, 7) is 0. The Morgan fingerprint density at radius 1 is 0.882 bits per heavy atom. The zero-order valence-electron chi connectivity index (χ0n) is 18.2. The predicted molar refractivity (Wildman–Crippen MR) is 135 cm³/mol. The summed E-state index contributed by atoms with van der Waals surface area (Å²) in [5.74, 6) is -0.114. The van der Waals surface area contributed by atoms with E-state index >= 15 is 0 Å². The highest BCUT2D eigenvalue weighted by molar-refractivity contribution is 7.73. The molecule has 0 aliphatic heterocycles. The van der Waals surface area contributed by atoms with Gasteiger partial charge in [0.2, 0.25) is 11.5 Å². The molecule has 6 nitrogen and oxygen atoms in total. The molecule has 1 heterocycles. The van der Waals surface area contributed by atoms with Crippen molar-refractivity contribution in [2.45, 2.75) is 6.42 Å². The first-order valence-corrected chi connectivity index (χ1v) is 12.5. The highest BCUT2D eigenvalue weighted by Crippen LogP contribution is 2.37. The topological polar surface area (TPSA) is 84.2 Å². The number of amides is 1. The molecule has 0 spiro atoms. The van der Waals surface area contributed by atoms with Crippen molar-refractivity contribution in [1.82, 2.24) is 9.55 Å². The zero-order valence-corrected chi connectivity index (χ0v) is 19.1. The lowest BCUT2D eigenvalue weighted by atomic mass is 10.0. The van der Waals surface area contributed by atoms with E-state index in [0.717, 1.165) is 16.3 Å². The Hall–Kier alpha value is -3.99. The smallest absolute Gasteiger partial charge is 0.293 e. The van der Waals surface area contributed by atoms with Crippen LogP contribution in [0.3, 0.4) is 0 Å². The molecular formula is C27H22N3O3P. The lowest BCUT2D eigenvalue weighted by Crippen LogP contribution is -2.24. The minimum atomic E-state index is -3.86. The Balaban J connectivity index is 1.34. The van der Waals surface area contributed by atoms with Crippen LogP contribution in [0.1, 0.15) is 5.56 Å². The maximum Gasteiger partial charge on any atom is 0.293 e. The molecular weight excluding hydrogens is 445 g/mol. The van der Waals surface area contributed by atoms with Gasteiger partial charge in [0.25, 0.3) is 7.37 Å². The number of nitrogens with zero attached hydrogens (tertiary/aromatic N) is 2. The molecule has 1 aromatic heterocycles. The molecule has 34 heavy (non-hydrogen) atoms. The van der Waals surface area contributed by atoms with Crippen LogP contribution >= 0.6 is 7.37 Å². The summed E-state index contributed by atoms with van der Waals surface area (Å²) in [6.07, 6.45) is 3.41. The van der Waals surface area contributed by atoms with Gasteiger partial charge in [0.1, 0.15) is 0 Å². The van der Waals surface area contributed by atoms with Crippen LogP contribution in [0.2, 0.25) is 0 Å². The van der Waals surface area contributed by atoms with Crippen LogP contribution in [-0.2, 0) is 15.8 Å². The Labute approximate surface area is 197 Å². The molecule has 7 heteroatoms. The van der Waals surface area contributed by atoms with Gasteiger partial charge in [-0.25, -0.2) is 4.98 Å². The molecule has 0 aliphatic rings. The van der Waals surface area contributed by atoms with Crippen LogP contribution in [0, 0.1) is 0 Å². The number of hydrogen-bond acceptors (Lipinski definition) is 3. The molecule has 0 saturated heterocycles. The average molecular weight is 467 g/mol. The van der Waals surface area contributed by atoms with E-state index in [4.69, 9.17) is 0 Å². The molecule has 0 saturated carbocycles. The van der Waals surface area contributed by atoms with Gasteiger partial charge in [-0.15, -0.1) is 0 Å². The van der Waals surface area contributed by atoms with Gasteiger partial charge < -0.3 is 10.2 Å². The summed E-state index contributed by atoms with van der Waals surface area (Å²) in [4.78, 5) is 27.6. The Bertz CT molecular complexity index is 1510. The number of nitrogens with one attached hydrogen (secondary N) is 1. The number of carbonyl (C=O) groups excluding carboxylic acids is 1. The van der Waals surface area contributed by atoms with Gasteiger partial charge in [-0.05, 0) is 52.7 Å². The van der Waals surface area contributed by atoms with Crippen LogP contribution in [0.5, 0.6) is 0 Å². The monoisotopic (exact) mass is 467 g/mol. The molecule has 0 fully saturated rings. The van der Waals surface area contributed by atoms with Crippen molar-refractivity contribution in [2.75, 3.05) is 5.32 Å². The molecule has 0 bridgehead atoms. The van der Waals surface area contributed by atoms with Crippen molar-refractivity contribution in [1.29, 1.82) is 0 Å². The molecule has 1 amide bonds. The van der Waals surface area contributed by atoms with E-state index in [-0.39, 0.29) is 17.9 Å². The number of carbonyl (C=O) groups is 1. The zero-order chi connectivity index (χ0) is 23.5. The van der Waals surface area contributed by atoms with Crippen molar-refractivity contribution in [2.24, 2.45) is 0 Å². The van der Waals surface area contributed by atoms with Crippen molar-refractivity contribution in [3.8, 4) is 5.69 Å². The fourth-order valence-corrected chi connectivity index (χ4v) is 5.50. The molecule has 4 aromatic carbocycles. The van der Waals surface area contributed by atoms with Gasteiger partial charge in [0, 0.05) is 29.1 Å². The highest BCUT2D eigenvalue weighted by Gasteiger charge is 2.29. The third-order valence-corrected chi connectivity index (χ3v) is 7.53. The Morgan fingerprint density at radius 3 is 2.38 bits per heavy atom. The summed E-state index contributed by atoms with van der Waals surface area (Å²) >= 11 is 0. The quantitative estimate of drug-likeness (QED) is 0.362. The Kier molecular flexibility index (Phi) is 5.84. The molecule has 168 valence electrons. The summed E-state index contributed by atoms with van der Waals surface area (Å²) in [5, 5.41) is 5.42. The van der Waals surface area contributed by atoms with Crippen molar-refractivity contribution >= 4 is 40.6 Å². The number of aromatic nitrogens is 2. The van der Waals surface area contributed by atoms with Crippen molar-refractivity contribution < 1.29 is 14.3 Å². The maximum absolute atomic E-state index is 13.2. The molecule has 2 N–H and O–H groups in total. The van der Waals surface area contributed by atoms with E-state index in [2.05, 4.69) is 10.3 Å². The van der Waals surface area contributed by atoms with E-state index in [1.807, 2.05) is 42.5 Å². The van der Waals surface area contributed by atoms with Crippen LogP contribution in [0.4, 0.5) is 5.69 Å². The molecule has 5 aromatic rings. The molecule has 1 unspecified atom stereocenters. The number of benzene rings is 4. The summed E-state index contributed by atoms with van der Waals surface area (Å²) in [6, 6.07) is 29.5. The van der Waals surface area contributed by atoms with E-state index in [1.54, 1.807) is 65.4 Å². The second-order valence-electron chi connectivity index (χ2n) is 7.92. The number of hydrogen-bond donors (Lipinski definition) is 2. The lowest BCUT2D eigenvalue weighted by Gasteiger charge is -2.14. The average Bonchev–Trinajstić information content (AvgIpc) is 3.36. The summed E-state index contributed by atoms with van der Waals surface area (Å²) in [5.41, 5.74) is 2.36.